The van der Waals surface area contributed by atoms with Crippen LogP contribution in [0.1, 0.15) is 20.8 Å². The molecule has 0 unspecified atom stereocenters. The van der Waals surface area contributed by atoms with E-state index in [1.807, 2.05) is 0 Å². The molecule has 0 fully saturated rings. The molecule has 2 aromatic rings. The zero-order chi connectivity index (χ0) is 14.9. The van der Waals surface area contributed by atoms with E-state index >= 15 is 0 Å². The molecule has 2 rings (SSSR count). The van der Waals surface area contributed by atoms with Crippen molar-refractivity contribution >= 4 is 23.5 Å². The Morgan fingerprint density at radius 3 is 2.60 bits per heavy atom. The second kappa shape index (κ2) is 5.30. The van der Waals surface area contributed by atoms with E-state index < -0.39 is 5.97 Å². The van der Waals surface area contributed by atoms with E-state index in [9.17, 15) is 9.59 Å². The SMILES string of the molecule is CN(C)C(=O)c1ccn(-c2nc(Cl)ccc2C(=O)O)n1. The Bertz CT molecular complexity index is 681. The molecule has 2 aromatic heterocycles. The number of carbonyl (C=O) groups excluding carboxylic acids is 1. The lowest BCUT2D eigenvalue weighted by Gasteiger charge is -2.07. The molecule has 2 heterocycles. The molecule has 0 bridgehead atoms. The van der Waals surface area contributed by atoms with E-state index in [-0.39, 0.29) is 28.1 Å². The van der Waals surface area contributed by atoms with Crippen molar-refractivity contribution in [3.63, 3.8) is 0 Å². The minimum Gasteiger partial charge on any atom is -0.478 e. The summed E-state index contributed by atoms with van der Waals surface area (Å²) in [6.45, 7) is 0. The van der Waals surface area contributed by atoms with Crippen LogP contribution < -0.4 is 0 Å². The number of halogens is 1. The Kier molecular flexibility index (Phi) is 3.71. The van der Waals surface area contributed by atoms with Gasteiger partial charge in [0.25, 0.3) is 5.91 Å². The molecular weight excluding hydrogens is 284 g/mol. The number of hydrogen-bond donors (Lipinski definition) is 1. The van der Waals surface area contributed by atoms with Gasteiger partial charge in [-0.3, -0.25) is 4.79 Å². The first-order valence-corrected chi connectivity index (χ1v) is 5.95. The van der Waals surface area contributed by atoms with Crippen molar-refractivity contribution in [2.75, 3.05) is 14.1 Å². The molecule has 20 heavy (non-hydrogen) atoms. The third kappa shape index (κ3) is 2.62. The van der Waals surface area contributed by atoms with E-state index in [1.165, 1.54) is 34.0 Å². The average Bonchev–Trinajstić information content (AvgIpc) is 2.86. The number of rotatable bonds is 3. The fraction of sp³-hybridized carbons (Fsp3) is 0.167. The Morgan fingerprint density at radius 1 is 1.30 bits per heavy atom. The van der Waals surface area contributed by atoms with Gasteiger partial charge in [-0.25, -0.2) is 14.5 Å². The fourth-order valence-electron chi connectivity index (χ4n) is 1.55. The van der Waals surface area contributed by atoms with E-state index in [4.69, 9.17) is 16.7 Å². The number of carbonyl (C=O) groups is 2. The van der Waals surface area contributed by atoms with Crippen LogP contribution >= 0.6 is 11.6 Å². The van der Waals surface area contributed by atoms with Crippen molar-refractivity contribution in [3.05, 3.63) is 40.8 Å². The monoisotopic (exact) mass is 294 g/mol. The van der Waals surface area contributed by atoms with Gasteiger partial charge in [-0.05, 0) is 18.2 Å². The molecule has 1 N–H and O–H groups in total. The lowest BCUT2D eigenvalue weighted by Crippen LogP contribution is -2.22. The zero-order valence-electron chi connectivity index (χ0n) is 10.7. The van der Waals surface area contributed by atoms with Crippen LogP contribution in [0.3, 0.4) is 0 Å². The van der Waals surface area contributed by atoms with E-state index in [0.29, 0.717) is 0 Å². The number of aromatic carboxylic acids is 1. The zero-order valence-corrected chi connectivity index (χ0v) is 11.5. The van der Waals surface area contributed by atoms with E-state index in [1.54, 1.807) is 14.1 Å². The first kappa shape index (κ1) is 14.0. The number of nitrogens with zero attached hydrogens (tertiary/aromatic N) is 4. The maximum Gasteiger partial charge on any atom is 0.339 e. The second-order valence-electron chi connectivity index (χ2n) is 4.16. The van der Waals surface area contributed by atoms with Crippen molar-refractivity contribution in [1.29, 1.82) is 0 Å². The van der Waals surface area contributed by atoms with Gasteiger partial charge in [0.2, 0.25) is 0 Å². The van der Waals surface area contributed by atoms with Gasteiger partial charge in [0, 0.05) is 20.3 Å². The quantitative estimate of drug-likeness (QED) is 0.863. The summed E-state index contributed by atoms with van der Waals surface area (Å²) in [5.74, 6) is -1.38. The first-order valence-electron chi connectivity index (χ1n) is 5.57. The fourth-order valence-corrected chi connectivity index (χ4v) is 1.69. The van der Waals surface area contributed by atoms with Gasteiger partial charge in [-0.15, -0.1) is 0 Å². The van der Waals surface area contributed by atoms with Crippen LogP contribution in [0.2, 0.25) is 5.15 Å². The molecule has 0 radical (unpaired) electrons. The summed E-state index contributed by atoms with van der Waals surface area (Å²) in [6, 6.07) is 4.20. The normalized spacial score (nSPS) is 10.3. The van der Waals surface area contributed by atoms with Crippen molar-refractivity contribution in [2.24, 2.45) is 0 Å². The van der Waals surface area contributed by atoms with E-state index in [2.05, 4.69) is 10.1 Å². The van der Waals surface area contributed by atoms with Gasteiger partial charge in [-0.1, -0.05) is 11.6 Å². The topological polar surface area (TPSA) is 88.3 Å². The summed E-state index contributed by atoms with van der Waals surface area (Å²) in [4.78, 5) is 28.2. The molecule has 0 aliphatic rings. The highest BCUT2D eigenvalue weighted by Gasteiger charge is 2.17. The molecule has 0 saturated heterocycles. The highest BCUT2D eigenvalue weighted by Crippen LogP contribution is 2.16. The summed E-state index contributed by atoms with van der Waals surface area (Å²) < 4.78 is 1.21. The third-order valence-corrected chi connectivity index (χ3v) is 2.71. The Balaban J connectivity index is 2.50. The van der Waals surface area contributed by atoms with Crippen LogP contribution in [-0.2, 0) is 0 Å². The van der Waals surface area contributed by atoms with Crippen LogP contribution in [0.25, 0.3) is 5.82 Å². The Hall–Kier alpha value is -2.41. The molecular formula is C12H11ClN4O3. The molecule has 8 heteroatoms. The molecule has 0 aromatic carbocycles. The summed E-state index contributed by atoms with van der Waals surface area (Å²) in [6.07, 6.45) is 1.46. The molecule has 0 spiro atoms. The highest BCUT2D eigenvalue weighted by atomic mass is 35.5. The van der Waals surface area contributed by atoms with Crippen LogP contribution in [-0.4, -0.2) is 50.7 Å². The van der Waals surface area contributed by atoms with Crippen LogP contribution in [0.5, 0.6) is 0 Å². The van der Waals surface area contributed by atoms with Crippen molar-refractivity contribution in [3.8, 4) is 5.82 Å². The number of carboxylic acid groups (broad SMARTS) is 1. The number of carboxylic acids is 1. The van der Waals surface area contributed by atoms with Crippen LogP contribution in [0.15, 0.2) is 24.4 Å². The maximum absolute atomic E-state index is 11.8. The van der Waals surface area contributed by atoms with Crippen LogP contribution in [0.4, 0.5) is 0 Å². The molecule has 0 aliphatic carbocycles. The van der Waals surface area contributed by atoms with Gasteiger partial charge < -0.3 is 10.0 Å². The van der Waals surface area contributed by atoms with E-state index in [0.717, 1.165) is 0 Å². The maximum atomic E-state index is 11.8. The average molecular weight is 295 g/mol. The molecule has 104 valence electrons. The number of pyridine rings is 1. The lowest BCUT2D eigenvalue weighted by atomic mass is 10.2. The van der Waals surface area contributed by atoms with Gasteiger partial charge in [-0.2, -0.15) is 5.10 Å². The molecule has 0 saturated carbocycles. The molecule has 0 aliphatic heterocycles. The second-order valence-corrected chi connectivity index (χ2v) is 4.54. The lowest BCUT2D eigenvalue weighted by molar-refractivity contribution is 0.0696. The van der Waals surface area contributed by atoms with Gasteiger partial charge in [0.15, 0.2) is 11.5 Å². The third-order valence-electron chi connectivity index (χ3n) is 2.50. The molecule has 0 atom stereocenters. The first-order chi connectivity index (χ1) is 9.40. The molecule has 7 nitrogen and oxygen atoms in total. The summed E-state index contributed by atoms with van der Waals surface area (Å²) in [5.41, 5.74) is 0.134. The largest absolute Gasteiger partial charge is 0.478 e. The van der Waals surface area contributed by atoms with Crippen molar-refractivity contribution < 1.29 is 14.7 Å². The minimum absolute atomic E-state index is 0.0543. The summed E-state index contributed by atoms with van der Waals surface area (Å²) in [7, 11) is 3.20. The molecule has 1 amide bonds. The van der Waals surface area contributed by atoms with Crippen molar-refractivity contribution in [2.45, 2.75) is 0 Å². The summed E-state index contributed by atoms with van der Waals surface area (Å²) >= 11 is 5.77. The number of amides is 1. The minimum atomic E-state index is -1.15. The van der Waals surface area contributed by atoms with Gasteiger partial charge in [0.1, 0.15) is 10.7 Å². The smallest absolute Gasteiger partial charge is 0.339 e. The highest BCUT2D eigenvalue weighted by molar-refractivity contribution is 6.29. The predicted molar refractivity (Wildman–Crippen MR) is 71.3 cm³/mol. The standard InChI is InChI=1S/C12H11ClN4O3/c1-16(2)11(18)8-5-6-17(15-8)10-7(12(19)20)3-4-9(13)14-10/h3-6H,1-2H3,(H,19,20). The Morgan fingerprint density at radius 2 is 2.00 bits per heavy atom. The Labute approximate surface area is 119 Å². The van der Waals surface area contributed by atoms with Crippen LogP contribution in [0, 0.1) is 0 Å². The summed E-state index contributed by atoms with van der Waals surface area (Å²) in [5, 5.41) is 13.3. The number of hydrogen-bond acceptors (Lipinski definition) is 4. The van der Waals surface area contributed by atoms with Gasteiger partial charge >= 0.3 is 5.97 Å². The predicted octanol–water partition coefficient (Wildman–Crippen LogP) is 1.32. The van der Waals surface area contributed by atoms with Gasteiger partial charge in [0.05, 0.1) is 0 Å². The van der Waals surface area contributed by atoms with Crippen molar-refractivity contribution in [1.82, 2.24) is 19.7 Å². The number of aromatic nitrogens is 3.